The minimum absolute atomic E-state index is 0.0639. The van der Waals surface area contributed by atoms with Gasteiger partial charge in [0, 0.05) is 49.5 Å². The largest absolute Gasteiger partial charge is 0.342 e. The number of amides is 4. The van der Waals surface area contributed by atoms with Crippen molar-refractivity contribution in [1.82, 2.24) is 9.80 Å². The molecular formula is C37H44N4O4. The molecule has 1 unspecified atom stereocenters. The van der Waals surface area contributed by atoms with E-state index >= 15 is 0 Å². The lowest BCUT2D eigenvalue weighted by atomic mass is 9.87. The highest BCUT2D eigenvalue weighted by Crippen LogP contribution is 2.28. The number of nitrogens with one attached hydrogen (secondary N) is 2. The normalized spacial score (nSPS) is 16.9. The van der Waals surface area contributed by atoms with E-state index < -0.39 is 0 Å². The standard InChI is InChI=1S/C37H44N4O4/c1-40(24-22-27-9-4-2-5-10-27)36(44)30-16-20-32(21-17-30)38-34(42)25-28-14-18-33(19-15-28)39-35(43)31-13-8-23-41(26-31)37(45)29-11-6-3-7-12-29/h2,4-5,9-10,14-21,29,31H,3,6-8,11-13,22-26H2,1H3,(H,38,42)(H,39,43). The maximum Gasteiger partial charge on any atom is 0.253 e. The lowest BCUT2D eigenvalue weighted by Gasteiger charge is -2.35. The first kappa shape index (κ1) is 31.9. The first-order chi connectivity index (χ1) is 21.9. The van der Waals surface area contributed by atoms with Crippen LogP contribution in [-0.4, -0.2) is 60.1 Å². The summed E-state index contributed by atoms with van der Waals surface area (Å²) < 4.78 is 0. The second kappa shape index (κ2) is 15.5. The van der Waals surface area contributed by atoms with Gasteiger partial charge in [-0.25, -0.2) is 0 Å². The van der Waals surface area contributed by atoms with Crippen LogP contribution < -0.4 is 10.6 Å². The van der Waals surface area contributed by atoms with Crippen LogP contribution in [0.25, 0.3) is 0 Å². The number of likely N-dealkylation sites (N-methyl/N-ethyl adjacent to an activating group) is 1. The molecule has 4 amide bonds. The summed E-state index contributed by atoms with van der Waals surface area (Å²) in [5.74, 6) is -0.169. The minimum atomic E-state index is -0.215. The van der Waals surface area contributed by atoms with Crippen LogP contribution in [0.15, 0.2) is 78.9 Å². The van der Waals surface area contributed by atoms with Gasteiger partial charge in [-0.1, -0.05) is 61.7 Å². The molecule has 2 N–H and O–H groups in total. The van der Waals surface area contributed by atoms with Crippen molar-refractivity contribution in [2.45, 2.75) is 57.8 Å². The lowest BCUT2D eigenvalue weighted by molar-refractivity contribution is -0.139. The van der Waals surface area contributed by atoms with Crippen LogP contribution in [0.4, 0.5) is 11.4 Å². The summed E-state index contributed by atoms with van der Waals surface area (Å²) in [6.07, 6.45) is 7.97. The van der Waals surface area contributed by atoms with E-state index in [2.05, 4.69) is 22.8 Å². The average Bonchev–Trinajstić information content (AvgIpc) is 3.08. The molecule has 0 radical (unpaired) electrons. The van der Waals surface area contributed by atoms with Gasteiger partial charge in [0.1, 0.15) is 0 Å². The van der Waals surface area contributed by atoms with Crippen molar-refractivity contribution < 1.29 is 19.2 Å². The van der Waals surface area contributed by atoms with Gasteiger partial charge >= 0.3 is 0 Å². The van der Waals surface area contributed by atoms with Gasteiger partial charge in [-0.05, 0) is 79.6 Å². The number of piperidine rings is 1. The van der Waals surface area contributed by atoms with Crippen molar-refractivity contribution in [3.63, 3.8) is 0 Å². The zero-order chi connectivity index (χ0) is 31.6. The Kier molecular flexibility index (Phi) is 11.0. The average molecular weight is 609 g/mol. The molecule has 1 heterocycles. The van der Waals surface area contributed by atoms with Gasteiger partial charge in [0.05, 0.1) is 12.3 Å². The van der Waals surface area contributed by atoms with E-state index in [1.807, 2.05) is 47.4 Å². The van der Waals surface area contributed by atoms with E-state index in [-0.39, 0.29) is 41.9 Å². The fourth-order valence-corrected chi connectivity index (χ4v) is 6.30. The Balaban J connectivity index is 1.06. The molecule has 5 rings (SSSR count). The van der Waals surface area contributed by atoms with Crippen molar-refractivity contribution in [1.29, 1.82) is 0 Å². The van der Waals surface area contributed by atoms with Gasteiger partial charge in [0.15, 0.2) is 0 Å². The van der Waals surface area contributed by atoms with Gasteiger partial charge < -0.3 is 20.4 Å². The molecular weight excluding hydrogens is 564 g/mol. The molecule has 236 valence electrons. The van der Waals surface area contributed by atoms with Crippen LogP contribution >= 0.6 is 0 Å². The van der Waals surface area contributed by atoms with Crippen LogP contribution in [0.1, 0.15) is 66.4 Å². The SMILES string of the molecule is CN(CCc1ccccc1)C(=O)c1ccc(NC(=O)Cc2ccc(NC(=O)C3CCCN(C(=O)C4CCCCC4)C3)cc2)cc1. The molecule has 45 heavy (non-hydrogen) atoms. The topological polar surface area (TPSA) is 98.8 Å². The summed E-state index contributed by atoms with van der Waals surface area (Å²) in [6, 6.07) is 24.3. The Labute approximate surface area is 266 Å². The molecule has 8 nitrogen and oxygen atoms in total. The van der Waals surface area contributed by atoms with E-state index in [0.717, 1.165) is 57.1 Å². The molecule has 0 bridgehead atoms. The molecule has 1 saturated carbocycles. The van der Waals surface area contributed by atoms with Gasteiger partial charge in [0.25, 0.3) is 5.91 Å². The smallest absolute Gasteiger partial charge is 0.253 e. The molecule has 3 aromatic rings. The maximum atomic E-state index is 13.0. The first-order valence-electron chi connectivity index (χ1n) is 16.2. The number of carbonyl (C=O) groups excluding carboxylic acids is 4. The Hall–Kier alpha value is -4.46. The molecule has 1 aliphatic carbocycles. The van der Waals surface area contributed by atoms with Crippen LogP contribution in [0.2, 0.25) is 0 Å². The van der Waals surface area contributed by atoms with E-state index in [0.29, 0.717) is 30.0 Å². The molecule has 0 aromatic heterocycles. The number of rotatable bonds is 10. The molecule has 3 aromatic carbocycles. The number of nitrogens with zero attached hydrogens (tertiary/aromatic N) is 2. The summed E-state index contributed by atoms with van der Waals surface area (Å²) in [6.45, 7) is 1.84. The van der Waals surface area contributed by atoms with Crippen LogP contribution in [0.3, 0.4) is 0 Å². The van der Waals surface area contributed by atoms with Crippen molar-refractivity contribution in [3.8, 4) is 0 Å². The Morgan fingerprint density at radius 2 is 1.38 bits per heavy atom. The monoisotopic (exact) mass is 608 g/mol. The highest BCUT2D eigenvalue weighted by atomic mass is 16.2. The van der Waals surface area contributed by atoms with Crippen molar-refractivity contribution in [3.05, 3.63) is 95.6 Å². The summed E-state index contributed by atoms with van der Waals surface area (Å²) in [5.41, 5.74) is 3.87. The predicted molar refractivity (Wildman–Crippen MR) is 177 cm³/mol. The third kappa shape index (κ3) is 9.03. The number of carbonyl (C=O) groups is 4. The number of benzene rings is 3. The van der Waals surface area contributed by atoms with Crippen molar-refractivity contribution >= 4 is 35.0 Å². The quantitative estimate of drug-likeness (QED) is 0.298. The van der Waals surface area contributed by atoms with E-state index in [1.54, 1.807) is 36.2 Å². The predicted octanol–water partition coefficient (Wildman–Crippen LogP) is 5.94. The van der Waals surface area contributed by atoms with Crippen LogP contribution in [0, 0.1) is 11.8 Å². The van der Waals surface area contributed by atoms with Crippen molar-refractivity contribution in [2.75, 3.05) is 37.3 Å². The molecule has 1 atom stereocenters. The summed E-state index contributed by atoms with van der Waals surface area (Å²) in [5, 5.41) is 5.89. The summed E-state index contributed by atoms with van der Waals surface area (Å²) in [4.78, 5) is 55.2. The Bertz CT molecular complexity index is 1450. The Morgan fingerprint density at radius 1 is 0.733 bits per heavy atom. The fourth-order valence-electron chi connectivity index (χ4n) is 6.30. The van der Waals surface area contributed by atoms with E-state index in [4.69, 9.17) is 0 Å². The second-order valence-corrected chi connectivity index (χ2v) is 12.4. The molecule has 2 fully saturated rings. The summed E-state index contributed by atoms with van der Waals surface area (Å²) in [7, 11) is 1.79. The van der Waals surface area contributed by atoms with E-state index in [9.17, 15) is 19.2 Å². The number of anilines is 2. The lowest BCUT2D eigenvalue weighted by Crippen LogP contribution is -2.46. The third-order valence-electron chi connectivity index (χ3n) is 8.99. The summed E-state index contributed by atoms with van der Waals surface area (Å²) >= 11 is 0. The number of hydrogen-bond donors (Lipinski definition) is 2. The zero-order valence-corrected chi connectivity index (χ0v) is 26.2. The minimum Gasteiger partial charge on any atom is -0.342 e. The number of likely N-dealkylation sites (tertiary alicyclic amines) is 1. The molecule has 0 spiro atoms. The van der Waals surface area contributed by atoms with Gasteiger partial charge in [-0.3, -0.25) is 19.2 Å². The van der Waals surface area contributed by atoms with Gasteiger partial charge in [-0.15, -0.1) is 0 Å². The Morgan fingerprint density at radius 3 is 2.09 bits per heavy atom. The zero-order valence-electron chi connectivity index (χ0n) is 26.2. The molecule has 2 aliphatic rings. The molecule has 1 aliphatic heterocycles. The first-order valence-corrected chi connectivity index (χ1v) is 16.2. The molecule has 8 heteroatoms. The van der Waals surface area contributed by atoms with E-state index in [1.165, 1.54) is 12.0 Å². The molecule has 1 saturated heterocycles. The highest BCUT2D eigenvalue weighted by Gasteiger charge is 2.32. The number of hydrogen-bond acceptors (Lipinski definition) is 4. The second-order valence-electron chi connectivity index (χ2n) is 12.4. The third-order valence-corrected chi connectivity index (χ3v) is 8.99. The van der Waals surface area contributed by atoms with Crippen LogP contribution in [-0.2, 0) is 27.2 Å². The maximum absolute atomic E-state index is 13.0. The van der Waals surface area contributed by atoms with Gasteiger partial charge in [0.2, 0.25) is 17.7 Å². The fraction of sp³-hybridized carbons (Fsp3) is 0.405. The van der Waals surface area contributed by atoms with Gasteiger partial charge in [-0.2, -0.15) is 0 Å². The van der Waals surface area contributed by atoms with Crippen molar-refractivity contribution in [2.24, 2.45) is 11.8 Å². The highest BCUT2D eigenvalue weighted by molar-refractivity contribution is 5.96. The van der Waals surface area contributed by atoms with Crippen LogP contribution in [0.5, 0.6) is 0 Å².